The average Bonchev–Trinajstić information content (AvgIpc) is 3.18. The van der Waals surface area contributed by atoms with Crippen LogP contribution in [0.3, 0.4) is 0 Å². The van der Waals surface area contributed by atoms with Crippen LogP contribution in [-0.2, 0) is 4.79 Å². The first kappa shape index (κ1) is 19.0. The van der Waals surface area contributed by atoms with Crippen molar-refractivity contribution < 1.29 is 19.1 Å². The number of unbranched alkanes of at least 4 members (excludes halogenated alkanes) is 3. The number of carboxylic acids is 1. The Hall–Kier alpha value is -2.82. The molecule has 0 aliphatic heterocycles. The van der Waals surface area contributed by atoms with Crippen molar-refractivity contribution in [2.45, 2.75) is 39.0 Å². The van der Waals surface area contributed by atoms with Crippen molar-refractivity contribution in [3.8, 4) is 17.0 Å². The van der Waals surface area contributed by atoms with Gasteiger partial charge in [0.2, 0.25) is 5.89 Å². The molecule has 0 bridgehead atoms. The molecule has 1 heterocycles. The van der Waals surface area contributed by atoms with Crippen LogP contribution in [0.25, 0.3) is 16.8 Å². The Labute approximate surface area is 159 Å². The van der Waals surface area contributed by atoms with E-state index in [9.17, 15) is 4.79 Å². The molecular formula is C22H25NO4. The SMILES string of the molecule is CCCCCCOc1ccc(-c2coc(C3=CCC(C(=O)O)C=C3)n2)cc1. The van der Waals surface area contributed by atoms with Crippen molar-refractivity contribution in [2.75, 3.05) is 6.61 Å². The van der Waals surface area contributed by atoms with E-state index in [4.69, 9.17) is 14.3 Å². The number of carboxylic acid groups (broad SMARTS) is 1. The van der Waals surface area contributed by atoms with Crippen LogP contribution >= 0.6 is 0 Å². The molecule has 0 spiro atoms. The van der Waals surface area contributed by atoms with Crippen LogP contribution in [0, 0.1) is 5.92 Å². The van der Waals surface area contributed by atoms with Crippen LogP contribution in [-0.4, -0.2) is 22.7 Å². The smallest absolute Gasteiger partial charge is 0.310 e. The zero-order chi connectivity index (χ0) is 19.1. The molecule has 1 atom stereocenters. The lowest BCUT2D eigenvalue weighted by atomic mass is 9.97. The van der Waals surface area contributed by atoms with Crippen molar-refractivity contribution in [3.05, 3.63) is 54.6 Å². The summed E-state index contributed by atoms with van der Waals surface area (Å²) in [6.07, 6.45) is 12.1. The van der Waals surface area contributed by atoms with Crippen LogP contribution < -0.4 is 4.74 Å². The third kappa shape index (κ3) is 5.09. The van der Waals surface area contributed by atoms with Crippen LogP contribution in [0.1, 0.15) is 44.9 Å². The molecule has 2 aromatic rings. The van der Waals surface area contributed by atoms with E-state index < -0.39 is 11.9 Å². The molecule has 1 aromatic heterocycles. The summed E-state index contributed by atoms with van der Waals surface area (Å²) in [5, 5.41) is 9.03. The predicted molar refractivity (Wildman–Crippen MR) is 104 cm³/mol. The molecule has 27 heavy (non-hydrogen) atoms. The topological polar surface area (TPSA) is 72.6 Å². The van der Waals surface area contributed by atoms with E-state index in [0.717, 1.165) is 35.6 Å². The number of aliphatic carboxylic acids is 1. The number of nitrogens with zero attached hydrogens (tertiary/aromatic N) is 1. The Morgan fingerprint density at radius 3 is 2.74 bits per heavy atom. The monoisotopic (exact) mass is 367 g/mol. The second-order valence-electron chi connectivity index (χ2n) is 6.67. The Kier molecular flexibility index (Phi) is 6.47. The Morgan fingerprint density at radius 1 is 1.26 bits per heavy atom. The summed E-state index contributed by atoms with van der Waals surface area (Å²) in [4.78, 5) is 15.5. The molecular weight excluding hydrogens is 342 g/mol. The van der Waals surface area contributed by atoms with Crippen molar-refractivity contribution in [2.24, 2.45) is 5.92 Å². The summed E-state index contributed by atoms with van der Waals surface area (Å²) < 4.78 is 11.3. The van der Waals surface area contributed by atoms with Crippen molar-refractivity contribution in [1.29, 1.82) is 0 Å². The summed E-state index contributed by atoms with van der Waals surface area (Å²) in [5.74, 6) is 0.0676. The van der Waals surface area contributed by atoms with Crippen molar-refractivity contribution in [1.82, 2.24) is 4.98 Å². The minimum atomic E-state index is -0.817. The molecule has 5 heteroatoms. The van der Waals surface area contributed by atoms with Gasteiger partial charge in [0.25, 0.3) is 0 Å². The first-order valence-corrected chi connectivity index (χ1v) is 9.47. The van der Waals surface area contributed by atoms with Gasteiger partial charge >= 0.3 is 5.97 Å². The van der Waals surface area contributed by atoms with Crippen LogP contribution in [0.2, 0.25) is 0 Å². The molecule has 142 valence electrons. The Bertz CT molecular complexity index is 817. The Morgan fingerprint density at radius 2 is 2.07 bits per heavy atom. The number of carbonyl (C=O) groups is 1. The number of hydrogen-bond acceptors (Lipinski definition) is 4. The van der Waals surface area contributed by atoms with Gasteiger partial charge in [-0.1, -0.05) is 44.4 Å². The lowest BCUT2D eigenvalue weighted by Crippen LogP contribution is -2.11. The fourth-order valence-corrected chi connectivity index (χ4v) is 2.94. The van der Waals surface area contributed by atoms with E-state index in [2.05, 4.69) is 11.9 Å². The Balaban J connectivity index is 1.58. The highest BCUT2D eigenvalue weighted by Crippen LogP contribution is 2.27. The summed E-state index contributed by atoms with van der Waals surface area (Å²) in [6.45, 7) is 2.94. The van der Waals surface area contributed by atoms with Gasteiger partial charge in [0.15, 0.2) is 0 Å². The molecule has 1 aromatic carbocycles. The number of rotatable bonds is 9. The molecule has 5 nitrogen and oxygen atoms in total. The first-order chi connectivity index (χ1) is 13.2. The fourth-order valence-electron chi connectivity index (χ4n) is 2.94. The fraction of sp³-hybridized carbons (Fsp3) is 0.364. The zero-order valence-corrected chi connectivity index (χ0v) is 15.6. The minimum absolute atomic E-state index is 0.448. The van der Waals surface area contributed by atoms with E-state index in [-0.39, 0.29) is 0 Å². The predicted octanol–water partition coefficient (Wildman–Crippen LogP) is 5.34. The summed E-state index contributed by atoms with van der Waals surface area (Å²) >= 11 is 0. The van der Waals surface area contributed by atoms with Crippen molar-refractivity contribution >= 4 is 11.5 Å². The molecule has 0 saturated carbocycles. The summed E-state index contributed by atoms with van der Waals surface area (Å²) in [7, 11) is 0. The van der Waals surface area contributed by atoms with E-state index in [1.54, 1.807) is 18.4 Å². The average molecular weight is 367 g/mol. The molecule has 0 fully saturated rings. The molecule has 0 amide bonds. The molecule has 0 saturated heterocycles. The maximum atomic E-state index is 11.0. The quantitative estimate of drug-likeness (QED) is 0.605. The molecule has 1 aliphatic rings. The van der Waals surface area contributed by atoms with E-state index in [1.807, 2.05) is 30.3 Å². The maximum Gasteiger partial charge on any atom is 0.310 e. The van der Waals surface area contributed by atoms with Crippen LogP contribution in [0.4, 0.5) is 0 Å². The van der Waals surface area contributed by atoms with Crippen LogP contribution in [0.15, 0.2) is 53.2 Å². The number of oxazole rings is 1. The largest absolute Gasteiger partial charge is 0.494 e. The minimum Gasteiger partial charge on any atom is -0.494 e. The van der Waals surface area contributed by atoms with Gasteiger partial charge in [-0.25, -0.2) is 4.98 Å². The maximum absolute atomic E-state index is 11.0. The standard InChI is InChI=1S/C22H25NO4/c1-2-3-4-5-14-26-19-12-10-16(11-13-19)20-15-27-21(23-20)17-6-8-18(9-7-17)22(24)25/h6-8,10-13,15,18H,2-5,9,14H2,1H3,(H,24,25). The first-order valence-electron chi connectivity index (χ1n) is 9.47. The van der Waals surface area contributed by atoms with Crippen molar-refractivity contribution in [3.63, 3.8) is 0 Å². The second-order valence-corrected chi connectivity index (χ2v) is 6.67. The lowest BCUT2D eigenvalue weighted by Gasteiger charge is -2.09. The highest BCUT2D eigenvalue weighted by atomic mass is 16.5. The van der Waals surface area contributed by atoms with Gasteiger partial charge < -0.3 is 14.3 Å². The number of hydrogen-bond donors (Lipinski definition) is 1. The molecule has 0 radical (unpaired) electrons. The van der Waals surface area contributed by atoms with E-state index in [0.29, 0.717) is 12.3 Å². The highest BCUT2D eigenvalue weighted by molar-refractivity contribution is 5.78. The van der Waals surface area contributed by atoms with E-state index in [1.165, 1.54) is 19.3 Å². The third-order valence-electron chi connectivity index (χ3n) is 4.58. The number of ether oxygens (including phenoxy) is 1. The molecule has 3 rings (SSSR count). The van der Waals surface area contributed by atoms with Crippen LogP contribution in [0.5, 0.6) is 5.75 Å². The van der Waals surface area contributed by atoms with Gasteiger partial charge in [0.1, 0.15) is 17.7 Å². The third-order valence-corrected chi connectivity index (χ3v) is 4.58. The van der Waals surface area contributed by atoms with Gasteiger partial charge in [-0.3, -0.25) is 4.79 Å². The number of benzene rings is 1. The lowest BCUT2D eigenvalue weighted by molar-refractivity contribution is -0.139. The molecule has 1 unspecified atom stereocenters. The highest BCUT2D eigenvalue weighted by Gasteiger charge is 2.18. The van der Waals surface area contributed by atoms with Gasteiger partial charge in [-0.05, 0) is 37.1 Å². The van der Waals surface area contributed by atoms with Gasteiger partial charge in [0.05, 0.1) is 12.5 Å². The van der Waals surface area contributed by atoms with Gasteiger partial charge in [0, 0.05) is 11.1 Å². The van der Waals surface area contributed by atoms with E-state index >= 15 is 0 Å². The normalized spacial score (nSPS) is 16.2. The summed E-state index contributed by atoms with van der Waals surface area (Å²) in [6, 6.07) is 7.82. The van der Waals surface area contributed by atoms with Gasteiger partial charge in [-0.2, -0.15) is 0 Å². The molecule has 1 aliphatic carbocycles. The number of aromatic nitrogens is 1. The van der Waals surface area contributed by atoms with Gasteiger partial charge in [-0.15, -0.1) is 0 Å². The summed E-state index contributed by atoms with van der Waals surface area (Å²) in [5.41, 5.74) is 2.51. The second kappa shape index (κ2) is 9.21. The number of allylic oxidation sites excluding steroid dienone is 3. The molecule has 1 N–H and O–H groups in total. The zero-order valence-electron chi connectivity index (χ0n) is 15.6.